The number of aliphatic carboxylic acids is 1. The predicted octanol–water partition coefficient (Wildman–Crippen LogP) is 3.76. The van der Waals surface area contributed by atoms with E-state index in [1.807, 2.05) is 0 Å². The highest BCUT2D eigenvalue weighted by molar-refractivity contribution is 7.49. The van der Waals surface area contributed by atoms with E-state index in [0.717, 1.165) is 5.56 Å². The van der Waals surface area contributed by atoms with Crippen LogP contribution in [-0.4, -0.2) is 28.3 Å². The van der Waals surface area contributed by atoms with E-state index in [4.69, 9.17) is 24.4 Å². The van der Waals surface area contributed by atoms with E-state index >= 15 is 0 Å². The minimum absolute atomic E-state index is 0.185. The number of nitrogens with two attached hydrogens (primary N) is 1. The van der Waals surface area contributed by atoms with Crippen molar-refractivity contribution in [1.29, 1.82) is 0 Å². The summed E-state index contributed by atoms with van der Waals surface area (Å²) < 4.78 is 29.6. The first-order valence-electron chi connectivity index (χ1n) is 7.98. The normalized spacial score (nSPS) is 14.2. The Kier molecular flexibility index (Phi) is 6.81. The molecule has 0 aliphatic heterocycles. The molecule has 1 atom stereocenters. The van der Waals surface area contributed by atoms with Crippen molar-refractivity contribution in [1.82, 2.24) is 0 Å². The van der Waals surface area contributed by atoms with Gasteiger partial charge in [0.05, 0.1) is 11.2 Å². The molecule has 7 nitrogen and oxygen atoms in total. The van der Waals surface area contributed by atoms with E-state index < -0.39 is 31.0 Å². The smallest absolute Gasteiger partial charge is 0.480 e. The molecule has 0 aliphatic rings. The van der Waals surface area contributed by atoms with Crippen LogP contribution in [0.15, 0.2) is 24.3 Å². The standard InChI is InChI=1S/C17H28NO6P/c1-16(2,3)23-25(21,24-17(4,5)6)22-13-9-7-12(8-10-13)11-14(18)15(19)20/h7-10,14H,11,18H2,1-6H3,(H,19,20)/t14-/m0/s1. The predicted molar refractivity (Wildman–Crippen MR) is 95.7 cm³/mol. The van der Waals surface area contributed by atoms with Crippen LogP contribution in [0, 0.1) is 0 Å². The molecule has 0 saturated heterocycles. The molecule has 1 rings (SSSR count). The topological polar surface area (TPSA) is 108 Å². The molecule has 0 radical (unpaired) electrons. The van der Waals surface area contributed by atoms with Gasteiger partial charge in [-0.05, 0) is 65.7 Å². The lowest BCUT2D eigenvalue weighted by atomic mass is 10.1. The maximum absolute atomic E-state index is 13.0. The Morgan fingerprint density at radius 2 is 1.52 bits per heavy atom. The molecule has 0 amide bonds. The second kappa shape index (κ2) is 7.87. The average molecular weight is 373 g/mol. The lowest BCUT2D eigenvalue weighted by molar-refractivity contribution is -0.138. The van der Waals surface area contributed by atoms with Crippen LogP contribution >= 0.6 is 7.82 Å². The average Bonchev–Trinajstić information content (AvgIpc) is 2.35. The molecule has 0 aliphatic carbocycles. The highest BCUT2D eigenvalue weighted by Crippen LogP contribution is 2.55. The Hall–Kier alpha value is -1.40. The molecule has 142 valence electrons. The fourth-order valence-corrected chi connectivity index (χ4v) is 3.72. The Bertz CT molecular complexity index is 610. The molecule has 8 heteroatoms. The third kappa shape index (κ3) is 8.50. The maximum Gasteiger partial charge on any atom is 0.531 e. The first-order valence-corrected chi connectivity index (χ1v) is 9.44. The minimum atomic E-state index is -3.86. The zero-order chi connectivity index (χ0) is 19.5. The van der Waals surface area contributed by atoms with Gasteiger partial charge in [-0.1, -0.05) is 12.1 Å². The molecule has 3 N–H and O–H groups in total. The van der Waals surface area contributed by atoms with Crippen LogP contribution < -0.4 is 10.3 Å². The van der Waals surface area contributed by atoms with Gasteiger partial charge in [0.1, 0.15) is 11.8 Å². The van der Waals surface area contributed by atoms with Gasteiger partial charge < -0.3 is 15.4 Å². The number of benzene rings is 1. The number of carboxylic acid groups (broad SMARTS) is 1. The number of phosphoric ester groups is 1. The highest BCUT2D eigenvalue weighted by Gasteiger charge is 2.38. The number of hydrogen-bond donors (Lipinski definition) is 2. The molecule has 0 spiro atoms. The third-order valence-electron chi connectivity index (χ3n) is 2.68. The molecule has 0 saturated carbocycles. The van der Waals surface area contributed by atoms with Gasteiger partial charge in [-0.15, -0.1) is 0 Å². The summed E-state index contributed by atoms with van der Waals surface area (Å²) in [5.41, 5.74) is 4.78. The number of phosphoric acid groups is 1. The molecule has 0 unspecified atom stereocenters. The molecule has 0 fully saturated rings. The molecule has 0 bridgehead atoms. The highest BCUT2D eigenvalue weighted by atomic mass is 31.2. The van der Waals surface area contributed by atoms with E-state index in [1.165, 1.54) is 0 Å². The van der Waals surface area contributed by atoms with Crippen molar-refractivity contribution >= 4 is 13.8 Å². The van der Waals surface area contributed by atoms with Gasteiger partial charge in [-0.3, -0.25) is 13.8 Å². The van der Waals surface area contributed by atoms with E-state index in [2.05, 4.69) is 0 Å². The van der Waals surface area contributed by atoms with Crippen molar-refractivity contribution in [3.8, 4) is 5.75 Å². The van der Waals surface area contributed by atoms with Gasteiger partial charge in [0, 0.05) is 0 Å². The van der Waals surface area contributed by atoms with Crippen molar-refractivity contribution in [3.63, 3.8) is 0 Å². The van der Waals surface area contributed by atoms with Gasteiger partial charge in [-0.25, -0.2) is 4.57 Å². The summed E-state index contributed by atoms with van der Waals surface area (Å²) in [6, 6.07) is 5.50. The van der Waals surface area contributed by atoms with Crippen LogP contribution in [0.1, 0.15) is 47.1 Å². The Morgan fingerprint density at radius 1 is 1.08 bits per heavy atom. The minimum Gasteiger partial charge on any atom is -0.480 e. The first-order chi connectivity index (χ1) is 11.2. The molecule has 25 heavy (non-hydrogen) atoms. The van der Waals surface area contributed by atoms with Crippen LogP contribution in [0.4, 0.5) is 0 Å². The lowest BCUT2D eigenvalue weighted by Crippen LogP contribution is -2.32. The summed E-state index contributed by atoms with van der Waals surface area (Å²) in [6.45, 7) is 10.5. The summed E-state index contributed by atoms with van der Waals surface area (Å²) in [4.78, 5) is 10.8. The van der Waals surface area contributed by atoms with Crippen LogP contribution in [-0.2, 0) is 24.8 Å². The summed E-state index contributed by atoms with van der Waals surface area (Å²) in [6.07, 6.45) is 0.185. The van der Waals surface area contributed by atoms with Gasteiger partial charge in [0.15, 0.2) is 0 Å². The fraction of sp³-hybridized carbons (Fsp3) is 0.588. The molecule has 0 aromatic heterocycles. The van der Waals surface area contributed by atoms with Crippen molar-refractivity contribution < 1.29 is 28.0 Å². The van der Waals surface area contributed by atoms with Crippen molar-refractivity contribution in [3.05, 3.63) is 29.8 Å². The van der Waals surface area contributed by atoms with Crippen molar-refractivity contribution in [2.24, 2.45) is 5.73 Å². The van der Waals surface area contributed by atoms with E-state index in [-0.39, 0.29) is 6.42 Å². The second-order valence-electron chi connectivity index (χ2n) is 7.74. The van der Waals surface area contributed by atoms with Crippen molar-refractivity contribution in [2.75, 3.05) is 0 Å². The van der Waals surface area contributed by atoms with Crippen LogP contribution in [0.5, 0.6) is 5.75 Å². The largest absolute Gasteiger partial charge is 0.531 e. The summed E-state index contributed by atoms with van der Waals surface area (Å²) in [5, 5.41) is 8.85. The Labute approximate surface area is 149 Å². The lowest BCUT2D eigenvalue weighted by Gasteiger charge is -2.30. The molecule has 1 aromatic carbocycles. The summed E-state index contributed by atoms with van der Waals surface area (Å²) in [7, 11) is -3.86. The second-order valence-corrected chi connectivity index (χ2v) is 9.18. The fourth-order valence-electron chi connectivity index (χ4n) is 1.88. The van der Waals surface area contributed by atoms with Crippen molar-refractivity contribution in [2.45, 2.75) is 65.2 Å². The van der Waals surface area contributed by atoms with Crippen LogP contribution in [0.25, 0.3) is 0 Å². The van der Waals surface area contributed by atoms with Gasteiger partial charge in [0.2, 0.25) is 0 Å². The number of rotatable bonds is 7. The Morgan fingerprint density at radius 3 is 1.88 bits per heavy atom. The van der Waals surface area contributed by atoms with Gasteiger partial charge >= 0.3 is 13.8 Å². The number of hydrogen-bond acceptors (Lipinski definition) is 6. The zero-order valence-corrected chi connectivity index (χ0v) is 16.5. The van der Waals surface area contributed by atoms with E-state index in [1.54, 1.807) is 65.8 Å². The molecular formula is C17H28NO6P. The summed E-state index contributed by atoms with van der Waals surface area (Å²) in [5.74, 6) is -0.772. The van der Waals surface area contributed by atoms with Crippen LogP contribution in [0.2, 0.25) is 0 Å². The molecule has 1 aromatic rings. The SMILES string of the molecule is CC(C)(C)OP(=O)(Oc1ccc(C[C@H](N)C(=O)O)cc1)OC(C)(C)C. The molecular weight excluding hydrogens is 345 g/mol. The number of carboxylic acids is 1. The monoisotopic (exact) mass is 373 g/mol. The van der Waals surface area contributed by atoms with Crippen LogP contribution in [0.3, 0.4) is 0 Å². The van der Waals surface area contributed by atoms with Gasteiger partial charge in [-0.2, -0.15) is 0 Å². The van der Waals surface area contributed by atoms with E-state index in [9.17, 15) is 9.36 Å². The van der Waals surface area contributed by atoms with Gasteiger partial charge in [0.25, 0.3) is 0 Å². The Balaban J connectivity index is 2.94. The first kappa shape index (κ1) is 21.6. The quantitative estimate of drug-likeness (QED) is 0.701. The van der Waals surface area contributed by atoms with E-state index in [0.29, 0.717) is 5.75 Å². The summed E-state index contributed by atoms with van der Waals surface area (Å²) >= 11 is 0. The third-order valence-corrected chi connectivity index (χ3v) is 4.66. The maximum atomic E-state index is 13.0. The number of carbonyl (C=O) groups is 1. The zero-order valence-electron chi connectivity index (χ0n) is 15.6. The molecule has 0 heterocycles.